The number of ether oxygens (including phenoxy) is 2. The Balaban J connectivity index is 1.86. The third kappa shape index (κ3) is 3.59. The highest BCUT2D eigenvalue weighted by molar-refractivity contribution is 5.81. The number of hydrogen-bond acceptors (Lipinski definition) is 6. The maximum Gasteiger partial charge on any atom is 0.225 e. The predicted molar refractivity (Wildman–Crippen MR) is 84.2 cm³/mol. The number of fused-ring (bicyclic) bond motifs is 1. The van der Waals surface area contributed by atoms with Crippen LogP contribution in [0.1, 0.15) is 6.92 Å². The summed E-state index contributed by atoms with van der Waals surface area (Å²) in [5.74, 6) is -0.638. The molecule has 5 N–H and O–H groups in total. The monoisotopic (exact) mass is 354 g/mol. The molecule has 0 aliphatic carbocycles. The summed E-state index contributed by atoms with van der Waals surface area (Å²) < 4.78 is 24.4. The van der Waals surface area contributed by atoms with Gasteiger partial charge in [-0.05, 0) is 18.2 Å². The molecule has 1 saturated heterocycles. The fourth-order valence-corrected chi connectivity index (χ4v) is 2.83. The number of aromatic amines is 1. The Morgan fingerprint density at radius 1 is 1.36 bits per heavy atom. The van der Waals surface area contributed by atoms with Gasteiger partial charge in [0.25, 0.3) is 0 Å². The molecular weight excluding hydrogens is 335 g/mol. The van der Waals surface area contributed by atoms with Crippen molar-refractivity contribution < 1.29 is 34.0 Å². The van der Waals surface area contributed by atoms with Gasteiger partial charge in [-0.3, -0.25) is 4.79 Å². The number of amides is 1. The molecule has 0 radical (unpaired) electrons. The molecule has 25 heavy (non-hydrogen) atoms. The van der Waals surface area contributed by atoms with E-state index in [1.54, 1.807) is 12.1 Å². The largest absolute Gasteiger partial charge is 0.447 e. The molecule has 3 rings (SSSR count). The molecule has 1 aliphatic heterocycles. The topological polar surface area (TPSA) is 124 Å². The van der Waals surface area contributed by atoms with Gasteiger partial charge in [0.15, 0.2) is 5.88 Å². The summed E-state index contributed by atoms with van der Waals surface area (Å²) in [6.07, 6.45) is -5.04. The van der Waals surface area contributed by atoms with Gasteiger partial charge in [0.1, 0.15) is 30.2 Å². The molecule has 5 atom stereocenters. The number of aliphatic hydroxyl groups excluding tert-OH is 3. The summed E-state index contributed by atoms with van der Waals surface area (Å²) in [4.78, 5) is 14.2. The zero-order valence-electron chi connectivity index (χ0n) is 13.3. The summed E-state index contributed by atoms with van der Waals surface area (Å²) in [5.41, 5.74) is 0.501. The number of nitrogens with one attached hydrogen (secondary N) is 2. The van der Waals surface area contributed by atoms with Crippen molar-refractivity contribution in [3.05, 3.63) is 30.1 Å². The van der Waals surface area contributed by atoms with Gasteiger partial charge in [-0.1, -0.05) is 0 Å². The first kappa shape index (κ1) is 17.6. The standard InChI is InChI=1S/C16H19FN2O6/c1-7(21)18-13-15(23)14(22)11(6-20)24-16(13)25-12-4-8-2-3-9(17)5-10(8)19-12/h2-5,11,13-16,19-20,22-23H,6H2,1H3,(H,18,21)/t11-,13-,14-,15-,16+/m1/s1. The SMILES string of the molecule is CC(=O)N[C@H]1[C@H](Oc2cc3ccc(F)cc3[nH]2)O[C@H](CO)[C@@H](O)[C@@H]1O. The van der Waals surface area contributed by atoms with Crippen LogP contribution in [-0.4, -0.2) is 63.5 Å². The molecule has 2 heterocycles. The van der Waals surface area contributed by atoms with Gasteiger partial charge in [-0.25, -0.2) is 4.39 Å². The second kappa shape index (κ2) is 6.96. The summed E-state index contributed by atoms with van der Waals surface area (Å²) >= 11 is 0. The predicted octanol–water partition coefficient (Wildman–Crippen LogP) is -0.371. The molecule has 0 spiro atoms. The zero-order chi connectivity index (χ0) is 18.1. The molecule has 0 bridgehead atoms. The summed E-state index contributed by atoms with van der Waals surface area (Å²) in [6.45, 7) is 0.711. The molecule has 2 aromatic rings. The van der Waals surface area contributed by atoms with Crippen LogP contribution in [0, 0.1) is 5.82 Å². The number of halogens is 1. The van der Waals surface area contributed by atoms with Gasteiger partial charge in [0.05, 0.1) is 12.1 Å². The highest BCUT2D eigenvalue weighted by atomic mass is 19.1. The van der Waals surface area contributed by atoms with Crippen LogP contribution in [0.15, 0.2) is 24.3 Å². The third-order valence-corrected chi connectivity index (χ3v) is 4.05. The molecule has 0 unspecified atom stereocenters. The maximum atomic E-state index is 13.3. The minimum absolute atomic E-state index is 0.223. The number of hydrogen-bond donors (Lipinski definition) is 5. The van der Waals surface area contributed by atoms with Crippen molar-refractivity contribution in [2.75, 3.05) is 6.61 Å². The Labute approximate surface area is 142 Å². The van der Waals surface area contributed by atoms with E-state index in [0.717, 1.165) is 0 Å². The number of benzene rings is 1. The Hall–Kier alpha value is -2.20. The molecule has 1 amide bonds. The molecule has 1 aromatic heterocycles. The van der Waals surface area contributed by atoms with Gasteiger partial charge >= 0.3 is 0 Å². The minimum Gasteiger partial charge on any atom is -0.447 e. The van der Waals surface area contributed by atoms with E-state index in [2.05, 4.69) is 10.3 Å². The van der Waals surface area contributed by atoms with Crippen molar-refractivity contribution >= 4 is 16.8 Å². The molecular formula is C16H19FN2O6. The van der Waals surface area contributed by atoms with Crippen LogP contribution < -0.4 is 10.1 Å². The average molecular weight is 354 g/mol. The van der Waals surface area contributed by atoms with Crippen molar-refractivity contribution in [2.24, 2.45) is 0 Å². The second-order valence-corrected chi connectivity index (χ2v) is 5.92. The fourth-order valence-electron chi connectivity index (χ4n) is 2.83. The summed E-state index contributed by atoms with van der Waals surface area (Å²) in [6, 6.07) is 4.71. The lowest BCUT2D eigenvalue weighted by molar-refractivity contribution is -0.245. The van der Waals surface area contributed by atoms with Crippen LogP contribution in [0.25, 0.3) is 10.9 Å². The van der Waals surface area contributed by atoms with Crippen LogP contribution in [0.5, 0.6) is 5.88 Å². The maximum absolute atomic E-state index is 13.3. The lowest BCUT2D eigenvalue weighted by atomic mass is 9.97. The van der Waals surface area contributed by atoms with E-state index in [9.17, 15) is 24.5 Å². The number of aliphatic hydroxyl groups is 3. The number of carbonyl (C=O) groups excluding carboxylic acids is 1. The third-order valence-electron chi connectivity index (χ3n) is 4.05. The van der Waals surface area contributed by atoms with Crippen LogP contribution >= 0.6 is 0 Å². The average Bonchev–Trinajstić information content (AvgIpc) is 2.95. The Morgan fingerprint density at radius 3 is 2.80 bits per heavy atom. The van der Waals surface area contributed by atoms with E-state index < -0.39 is 49.0 Å². The molecule has 1 fully saturated rings. The van der Waals surface area contributed by atoms with Crippen LogP contribution in [0.2, 0.25) is 0 Å². The van der Waals surface area contributed by atoms with Crippen molar-refractivity contribution in [1.82, 2.24) is 10.3 Å². The summed E-state index contributed by atoms with van der Waals surface area (Å²) in [7, 11) is 0. The second-order valence-electron chi connectivity index (χ2n) is 5.92. The number of carbonyl (C=O) groups is 1. The molecule has 1 aliphatic rings. The van der Waals surface area contributed by atoms with Gasteiger partial charge < -0.3 is 35.1 Å². The van der Waals surface area contributed by atoms with Crippen molar-refractivity contribution in [3.63, 3.8) is 0 Å². The van der Waals surface area contributed by atoms with Crippen molar-refractivity contribution in [1.29, 1.82) is 0 Å². The normalized spacial score (nSPS) is 29.6. The molecule has 0 saturated carbocycles. The number of rotatable bonds is 4. The molecule has 9 heteroatoms. The lowest BCUT2D eigenvalue weighted by Crippen LogP contribution is -2.65. The highest BCUT2D eigenvalue weighted by Crippen LogP contribution is 2.27. The van der Waals surface area contributed by atoms with Crippen LogP contribution in [-0.2, 0) is 9.53 Å². The van der Waals surface area contributed by atoms with Gasteiger partial charge in [0.2, 0.25) is 12.2 Å². The molecule has 136 valence electrons. The number of aromatic nitrogens is 1. The molecule has 8 nitrogen and oxygen atoms in total. The Morgan fingerprint density at radius 2 is 2.12 bits per heavy atom. The molecule has 1 aromatic carbocycles. The first-order chi connectivity index (χ1) is 11.9. The van der Waals surface area contributed by atoms with E-state index in [4.69, 9.17) is 9.47 Å². The minimum atomic E-state index is -1.40. The smallest absolute Gasteiger partial charge is 0.225 e. The van der Waals surface area contributed by atoms with Gasteiger partial charge in [0, 0.05) is 18.4 Å². The van der Waals surface area contributed by atoms with Crippen LogP contribution in [0.4, 0.5) is 4.39 Å². The lowest BCUT2D eigenvalue weighted by Gasteiger charge is -2.41. The van der Waals surface area contributed by atoms with E-state index in [-0.39, 0.29) is 5.88 Å². The van der Waals surface area contributed by atoms with Crippen LogP contribution in [0.3, 0.4) is 0 Å². The van der Waals surface area contributed by atoms with E-state index in [0.29, 0.717) is 10.9 Å². The van der Waals surface area contributed by atoms with Gasteiger partial charge in [-0.2, -0.15) is 0 Å². The summed E-state index contributed by atoms with van der Waals surface area (Å²) in [5, 5.41) is 32.6. The van der Waals surface area contributed by atoms with E-state index in [1.807, 2.05) is 0 Å². The first-order valence-electron chi connectivity index (χ1n) is 7.73. The Kier molecular flexibility index (Phi) is 4.91. The first-order valence-corrected chi connectivity index (χ1v) is 7.73. The number of H-pyrrole nitrogens is 1. The quantitative estimate of drug-likeness (QED) is 0.510. The van der Waals surface area contributed by atoms with Gasteiger partial charge in [-0.15, -0.1) is 0 Å². The Bertz CT molecular complexity index is 766. The zero-order valence-corrected chi connectivity index (χ0v) is 13.3. The highest BCUT2D eigenvalue weighted by Gasteiger charge is 2.46. The van der Waals surface area contributed by atoms with E-state index in [1.165, 1.54) is 19.1 Å². The fraction of sp³-hybridized carbons (Fsp3) is 0.438. The van der Waals surface area contributed by atoms with Crippen molar-refractivity contribution in [2.45, 2.75) is 37.6 Å². The van der Waals surface area contributed by atoms with E-state index >= 15 is 0 Å². The van der Waals surface area contributed by atoms with Crippen molar-refractivity contribution in [3.8, 4) is 5.88 Å².